The van der Waals surface area contributed by atoms with E-state index in [1.807, 2.05) is 0 Å². The van der Waals surface area contributed by atoms with E-state index < -0.39 is 23.5 Å². The van der Waals surface area contributed by atoms with Crippen LogP contribution in [0.4, 0.5) is 17.6 Å². The van der Waals surface area contributed by atoms with Crippen LogP contribution in [0.3, 0.4) is 0 Å². The molecule has 2 aromatic carbocycles. The van der Waals surface area contributed by atoms with Gasteiger partial charge in [-0.3, -0.25) is 0 Å². The number of benzene rings is 2. The average Bonchev–Trinajstić information content (AvgIpc) is 3.03. The predicted octanol–water partition coefficient (Wildman–Crippen LogP) is 4.75. The van der Waals surface area contributed by atoms with Gasteiger partial charge in [0.2, 0.25) is 0 Å². The Balaban J connectivity index is 2.20. The Morgan fingerprint density at radius 2 is 1.70 bits per heavy atom. The molecule has 3 aromatic rings. The highest BCUT2D eigenvalue weighted by Crippen LogP contribution is 2.38. The lowest BCUT2D eigenvalue weighted by Gasteiger charge is -2.19. The summed E-state index contributed by atoms with van der Waals surface area (Å²) in [5.41, 5.74) is -0.116. The lowest BCUT2D eigenvalue weighted by Crippen LogP contribution is -2.13. The zero-order valence-corrected chi connectivity index (χ0v) is 11.8. The van der Waals surface area contributed by atoms with Gasteiger partial charge in [0, 0.05) is 17.5 Å². The molecule has 0 aliphatic carbocycles. The van der Waals surface area contributed by atoms with E-state index in [1.54, 1.807) is 30.3 Å². The van der Waals surface area contributed by atoms with Gasteiger partial charge in [0.05, 0.1) is 17.8 Å². The third-order valence-corrected chi connectivity index (χ3v) is 3.61. The number of halogens is 4. The molecule has 0 radical (unpaired) electrons. The molecular weight excluding hydrogens is 308 g/mol. The van der Waals surface area contributed by atoms with Crippen molar-refractivity contribution in [2.45, 2.75) is 12.1 Å². The third-order valence-electron chi connectivity index (χ3n) is 3.61. The molecule has 1 heterocycles. The second-order valence-electron chi connectivity index (χ2n) is 5.06. The van der Waals surface area contributed by atoms with Gasteiger partial charge in [0.15, 0.2) is 0 Å². The van der Waals surface area contributed by atoms with Crippen molar-refractivity contribution in [2.24, 2.45) is 0 Å². The first-order chi connectivity index (χ1) is 11.0. The van der Waals surface area contributed by atoms with Crippen LogP contribution in [0.1, 0.15) is 28.3 Å². The molecule has 1 aromatic heterocycles. The molecule has 0 aliphatic rings. The molecule has 0 amide bonds. The smallest absolute Gasteiger partial charge is 0.348 e. The normalized spacial score (nSPS) is 13.0. The van der Waals surface area contributed by atoms with Gasteiger partial charge in [-0.1, -0.05) is 42.5 Å². The summed E-state index contributed by atoms with van der Waals surface area (Å²) in [5, 5.41) is 0. The van der Waals surface area contributed by atoms with Crippen LogP contribution in [-0.2, 0) is 6.18 Å². The third kappa shape index (κ3) is 2.97. The number of aromatic amines is 1. The Bertz CT molecular complexity index is 780. The van der Waals surface area contributed by atoms with E-state index in [0.29, 0.717) is 11.3 Å². The number of alkyl halides is 3. The van der Waals surface area contributed by atoms with Crippen LogP contribution in [0.5, 0.6) is 0 Å². The van der Waals surface area contributed by atoms with Crippen LogP contribution in [0.2, 0.25) is 0 Å². The van der Waals surface area contributed by atoms with Crippen molar-refractivity contribution in [1.29, 1.82) is 0 Å². The van der Waals surface area contributed by atoms with Gasteiger partial charge in [0.25, 0.3) is 0 Å². The van der Waals surface area contributed by atoms with E-state index in [4.69, 9.17) is 0 Å². The number of hydrogen-bond acceptors (Lipinski definition) is 1. The van der Waals surface area contributed by atoms with E-state index in [2.05, 4.69) is 9.97 Å². The maximum absolute atomic E-state index is 14.5. The Morgan fingerprint density at radius 3 is 2.30 bits per heavy atom. The van der Waals surface area contributed by atoms with Gasteiger partial charge in [-0.25, -0.2) is 9.37 Å². The predicted molar refractivity (Wildman–Crippen MR) is 77.4 cm³/mol. The highest BCUT2D eigenvalue weighted by Gasteiger charge is 2.36. The number of H-pyrrole nitrogens is 1. The molecule has 1 N–H and O–H groups in total. The van der Waals surface area contributed by atoms with Gasteiger partial charge in [-0.15, -0.1) is 0 Å². The molecule has 118 valence electrons. The molecule has 0 bridgehead atoms. The monoisotopic (exact) mass is 320 g/mol. The fourth-order valence-electron chi connectivity index (χ4n) is 2.59. The van der Waals surface area contributed by atoms with Gasteiger partial charge in [0.1, 0.15) is 5.82 Å². The molecule has 0 aliphatic heterocycles. The summed E-state index contributed by atoms with van der Waals surface area (Å²) in [6, 6.07) is 12.1. The minimum atomic E-state index is -4.74. The van der Waals surface area contributed by atoms with Gasteiger partial charge in [-0.05, 0) is 11.6 Å². The number of aromatic nitrogens is 2. The summed E-state index contributed by atoms with van der Waals surface area (Å²) in [6.07, 6.45) is -1.84. The molecule has 0 saturated heterocycles. The van der Waals surface area contributed by atoms with E-state index in [-0.39, 0.29) is 5.56 Å². The molecule has 0 saturated carbocycles. The second kappa shape index (κ2) is 5.87. The zero-order valence-electron chi connectivity index (χ0n) is 11.8. The number of nitrogens with one attached hydrogen (secondary N) is 1. The minimum Gasteiger partial charge on any atom is -0.348 e. The maximum Gasteiger partial charge on any atom is 0.419 e. The van der Waals surface area contributed by atoms with Crippen molar-refractivity contribution in [3.05, 3.63) is 89.3 Å². The molecular formula is C17H12F4N2. The first-order valence-corrected chi connectivity index (χ1v) is 6.87. The standard InChI is InChI=1S/C17H12F4N2/c18-16-12(7-4-8-13(16)17(19,20)21)15(14-9-22-10-23-14)11-5-2-1-3-6-11/h1-10,15H,(H,22,23). The van der Waals surface area contributed by atoms with Crippen LogP contribution < -0.4 is 0 Å². The summed E-state index contributed by atoms with van der Waals surface area (Å²) in [4.78, 5) is 6.76. The average molecular weight is 320 g/mol. The van der Waals surface area contributed by atoms with Crippen molar-refractivity contribution in [3.63, 3.8) is 0 Å². The summed E-state index contributed by atoms with van der Waals surface area (Å²) >= 11 is 0. The SMILES string of the molecule is Fc1c(C(c2ccccc2)c2cnc[nH]2)cccc1C(F)(F)F. The fraction of sp³-hybridized carbons (Fsp3) is 0.118. The van der Waals surface area contributed by atoms with Crippen LogP contribution in [-0.4, -0.2) is 9.97 Å². The van der Waals surface area contributed by atoms with E-state index in [9.17, 15) is 17.6 Å². The molecule has 23 heavy (non-hydrogen) atoms. The summed E-state index contributed by atoms with van der Waals surface area (Å²) in [6.45, 7) is 0. The van der Waals surface area contributed by atoms with Crippen molar-refractivity contribution in [2.75, 3.05) is 0 Å². The van der Waals surface area contributed by atoms with Gasteiger partial charge < -0.3 is 4.98 Å². The van der Waals surface area contributed by atoms with E-state index in [0.717, 1.165) is 6.07 Å². The summed E-state index contributed by atoms with van der Waals surface area (Å²) in [5.74, 6) is -1.95. The van der Waals surface area contributed by atoms with E-state index in [1.165, 1.54) is 24.7 Å². The molecule has 2 nitrogen and oxygen atoms in total. The van der Waals surface area contributed by atoms with Crippen molar-refractivity contribution in [3.8, 4) is 0 Å². The van der Waals surface area contributed by atoms with Crippen LogP contribution in [0.15, 0.2) is 61.1 Å². The summed E-state index contributed by atoms with van der Waals surface area (Å²) in [7, 11) is 0. The first-order valence-electron chi connectivity index (χ1n) is 6.87. The zero-order chi connectivity index (χ0) is 16.4. The van der Waals surface area contributed by atoms with Crippen LogP contribution in [0.25, 0.3) is 0 Å². The number of rotatable bonds is 3. The number of nitrogens with zero attached hydrogens (tertiary/aromatic N) is 1. The van der Waals surface area contributed by atoms with Gasteiger partial charge in [-0.2, -0.15) is 13.2 Å². The second-order valence-corrected chi connectivity index (χ2v) is 5.06. The topological polar surface area (TPSA) is 28.7 Å². The largest absolute Gasteiger partial charge is 0.419 e. The molecule has 1 atom stereocenters. The van der Waals surface area contributed by atoms with E-state index >= 15 is 0 Å². The van der Waals surface area contributed by atoms with Crippen molar-refractivity contribution in [1.82, 2.24) is 9.97 Å². The first kappa shape index (κ1) is 15.3. The maximum atomic E-state index is 14.5. The lowest BCUT2D eigenvalue weighted by molar-refractivity contribution is -0.140. The fourth-order valence-corrected chi connectivity index (χ4v) is 2.59. The molecule has 6 heteroatoms. The molecule has 3 rings (SSSR count). The van der Waals surface area contributed by atoms with Crippen LogP contribution in [0, 0.1) is 5.82 Å². The highest BCUT2D eigenvalue weighted by molar-refractivity contribution is 5.42. The Hall–Kier alpha value is -2.63. The van der Waals surface area contributed by atoms with Gasteiger partial charge >= 0.3 is 6.18 Å². The Morgan fingerprint density at radius 1 is 0.957 bits per heavy atom. The lowest BCUT2D eigenvalue weighted by atomic mass is 9.87. The van der Waals surface area contributed by atoms with Crippen LogP contribution >= 0.6 is 0 Å². The quantitative estimate of drug-likeness (QED) is 0.693. The van der Waals surface area contributed by atoms with Crippen molar-refractivity contribution >= 4 is 0 Å². The Labute approximate surface area is 129 Å². The van der Waals surface area contributed by atoms with Crippen molar-refractivity contribution < 1.29 is 17.6 Å². The summed E-state index contributed by atoms with van der Waals surface area (Å²) < 4.78 is 53.5. The minimum absolute atomic E-state index is 0.0460. The molecule has 0 fully saturated rings. The molecule has 0 spiro atoms. The number of imidazole rings is 1. The molecule has 1 unspecified atom stereocenters. The number of hydrogen-bond donors (Lipinski definition) is 1. The highest BCUT2D eigenvalue weighted by atomic mass is 19.4. The Kier molecular flexibility index (Phi) is 3.90.